The third-order valence-electron chi connectivity index (χ3n) is 5.59. The van der Waals surface area contributed by atoms with Crippen molar-refractivity contribution in [2.45, 2.75) is 46.1 Å². The Morgan fingerprint density at radius 3 is 2.64 bits per heavy atom. The molecule has 1 aliphatic rings. The second kappa shape index (κ2) is 7.97. The third kappa shape index (κ3) is 3.70. The van der Waals surface area contributed by atoms with Gasteiger partial charge in [-0.1, -0.05) is 6.07 Å². The molecule has 2 heterocycles. The summed E-state index contributed by atoms with van der Waals surface area (Å²) in [4.78, 5) is 16.6. The number of pyridine rings is 1. The van der Waals surface area contributed by atoms with Crippen LogP contribution in [-0.2, 0) is 19.4 Å². The smallest absolute Gasteiger partial charge is 0.251 e. The Balaban J connectivity index is 1.48. The Kier molecular flexibility index (Phi) is 5.24. The fourth-order valence-corrected chi connectivity index (χ4v) is 3.86. The first-order valence-electron chi connectivity index (χ1n) is 9.98. The van der Waals surface area contributed by atoms with E-state index in [0.29, 0.717) is 18.7 Å². The summed E-state index contributed by atoms with van der Waals surface area (Å²) in [6.07, 6.45) is 8.16. The molecule has 2 aromatic heterocycles. The molecule has 0 bridgehead atoms. The molecular weight excluding hydrogens is 348 g/mol. The van der Waals surface area contributed by atoms with E-state index in [9.17, 15) is 4.79 Å². The minimum atomic E-state index is -0.0292. The molecule has 144 valence electrons. The number of nitrogens with one attached hydrogen (secondary N) is 1. The number of hydrogen-bond acceptors (Lipinski definition) is 3. The van der Waals surface area contributed by atoms with Crippen molar-refractivity contribution < 1.29 is 4.79 Å². The van der Waals surface area contributed by atoms with Crippen molar-refractivity contribution in [2.75, 3.05) is 6.54 Å². The van der Waals surface area contributed by atoms with Crippen LogP contribution in [0.5, 0.6) is 0 Å². The zero-order chi connectivity index (χ0) is 19.5. The van der Waals surface area contributed by atoms with E-state index in [4.69, 9.17) is 5.10 Å². The van der Waals surface area contributed by atoms with Crippen LogP contribution in [0, 0.1) is 13.8 Å². The van der Waals surface area contributed by atoms with Gasteiger partial charge in [-0.2, -0.15) is 5.10 Å². The highest BCUT2D eigenvalue weighted by Crippen LogP contribution is 2.30. The van der Waals surface area contributed by atoms with E-state index in [1.165, 1.54) is 29.7 Å². The summed E-state index contributed by atoms with van der Waals surface area (Å²) in [5.41, 5.74) is 7.90. The predicted molar refractivity (Wildman–Crippen MR) is 110 cm³/mol. The molecule has 28 heavy (non-hydrogen) atoms. The number of nitrogens with zero attached hydrogens (tertiary/aromatic N) is 3. The van der Waals surface area contributed by atoms with Gasteiger partial charge in [-0.15, -0.1) is 0 Å². The highest BCUT2D eigenvalue weighted by Gasteiger charge is 2.21. The van der Waals surface area contributed by atoms with Gasteiger partial charge in [-0.3, -0.25) is 14.5 Å². The lowest BCUT2D eigenvalue weighted by Crippen LogP contribution is -2.28. The van der Waals surface area contributed by atoms with Crippen LogP contribution < -0.4 is 5.32 Å². The number of aromatic nitrogens is 3. The van der Waals surface area contributed by atoms with Gasteiger partial charge in [0.05, 0.1) is 12.2 Å². The molecule has 0 atom stereocenters. The quantitative estimate of drug-likeness (QED) is 0.737. The summed E-state index contributed by atoms with van der Waals surface area (Å²) in [6.45, 7) is 5.33. The molecule has 5 nitrogen and oxygen atoms in total. The monoisotopic (exact) mass is 374 g/mol. The molecule has 0 spiro atoms. The summed E-state index contributed by atoms with van der Waals surface area (Å²) < 4.78 is 2.09. The largest absolute Gasteiger partial charge is 0.350 e. The number of aryl methyl sites for hydroxylation is 2. The fraction of sp³-hybridized carbons (Fsp3) is 0.348. The van der Waals surface area contributed by atoms with Crippen LogP contribution in [0.2, 0.25) is 0 Å². The predicted octanol–water partition coefficient (Wildman–Crippen LogP) is 3.87. The zero-order valence-electron chi connectivity index (χ0n) is 16.5. The Morgan fingerprint density at radius 1 is 1.07 bits per heavy atom. The van der Waals surface area contributed by atoms with E-state index in [1.54, 1.807) is 0 Å². The Labute approximate surface area is 165 Å². The standard InChI is InChI=1S/C23H26N4O/c1-16-7-8-19(15-17(16)2)23(28)25-13-14-27-21-6-4-3-5-20(21)22(26-27)18-9-11-24-12-10-18/h7-12,15H,3-6,13-14H2,1-2H3,(H,25,28). The van der Waals surface area contributed by atoms with Gasteiger partial charge < -0.3 is 5.32 Å². The lowest BCUT2D eigenvalue weighted by atomic mass is 9.94. The second-order valence-corrected chi connectivity index (χ2v) is 7.49. The number of benzene rings is 1. The lowest BCUT2D eigenvalue weighted by molar-refractivity contribution is 0.0951. The summed E-state index contributed by atoms with van der Waals surface area (Å²) in [6, 6.07) is 9.86. The van der Waals surface area contributed by atoms with Crippen molar-refractivity contribution in [1.82, 2.24) is 20.1 Å². The van der Waals surface area contributed by atoms with E-state index in [2.05, 4.69) is 21.9 Å². The molecular formula is C23H26N4O. The average Bonchev–Trinajstić information content (AvgIpc) is 3.09. The number of amides is 1. The zero-order valence-corrected chi connectivity index (χ0v) is 16.5. The van der Waals surface area contributed by atoms with Crippen LogP contribution in [0.4, 0.5) is 0 Å². The van der Waals surface area contributed by atoms with Crippen molar-refractivity contribution in [3.05, 3.63) is 70.7 Å². The maximum atomic E-state index is 12.5. The molecule has 1 aromatic carbocycles. The van der Waals surface area contributed by atoms with Crippen LogP contribution in [-0.4, -0.2) is 27.2 Å². The highest BCUT2D eigenvalue weighted by atomic mass is 16.1. The van der Waals surface area contributed by atoms with Gasteiger partial charge in [0.15, 0.2) is 0 Å². The van der Waals surface area contributed by atoms with Gasteiger partial charge in [0.1, 0.15) is 0 Å². The number of carbonyl (C=O) groups excluding carboxylic acids is 1. The third-order valence-corrected chi connectivity index (χ3v) is 5.59. The maximum Gasteiger partial charge on any atom is 0.251 e. The Morgan fingerprint density at radius 2 is 1.86 bits per heavy atom. The molecule has 1 amide bonds. The van der Waals surface area contributed by atoms with Gasteiger partial charge in [0.25, 0.3) is 5.91 Å². The molecule has 0 fully saturated rings. The lowest BCUT2D eigenvalue weighted by Gasteiger charge is -2.14. The van der Waals surface area contributed by atoms with E-state index in [0.717, 1.165) is 29.7 Å². The van der Waals surface area contributed by atoms with Gasteiger partial charge >= 0.3 is 0 Å². The van der Waals surface area contributed by atoms with Crippen molar-refractivity contribution in [1.29, 1.82) is 0 Å². The molecule has 5 heteroatoms. The number of fused-ring (bicyclic) bond motifs is 1. The minimum Gasteiger partial charge on any atom is -0.350 e. The molecule has 0 saturated heterocycles. The number of rotatable bonds is 5. The van der Waals surface area contributed by atoms with Gasteiger partial charge in [-0.05, 0) is 74.9 Å². The normalized spacial score (nSPS) is 13.2. The Bertz CT molecular complexity index is 991. The molecule has 4 rings (SSSR count). The summed E-state index contributed by atoms with van der Waals surface area (Å²) >= 11 is 0. The molecule has 0 saturated carbocycles. The van der Waals surface area contributed by atoms with E-state index < -0.39 is 0 Å². The topological polar surface area (TPSA) is 59.8 Å². The first kappa shape index (κ1) is 18.4. The van der Waals surface area contributed by atoms with Gasteiger partial charge in [0, 0.05) is 41.3 Å². The van der Waals surface area contributed by atoms with Gasteiger partial charge in [0.2, 0.25) is 0 Å². The summed E-state index contributed by atoms with van der Waals surface area (Å²) in [7, 11) is 0. The van der Waals surface area contributed by atoms with E-state index in [-0.39, 0.29) is 5.91 Å². The number of carbonyl (C=O) groups is 1. The van der Waals surface area contributed by atoms with E-state index in [1.807, 2.05) is 49.6 Å². The molecule has 0 unspecified atom stereocenters. The van der Waals surface area contributed by atoms with Crippen LogP contribution >= 0.6 is 0 Å². The minimum absolute atomic E-state index is 0.0292. The van der Waals surface area contributed by atoms with Crippen molar-refractivity contribution >= 4 is 5.91 Å². The van der Waals surface area contributed by atoms with Crippen LogP contribution in [0.3, 0.4) is 0 Å². The summed E-state index contributed by atoms with van der Waals surface area (Å²) in [5.74, 6) is -0.0292. The van der Waals surface area contributed by atoms with Crippen molar-refractivity contribution in [3.63, 3.8) is 0 Å². The van der Waals surface area contributed by atoms with E-state index >= 15 is 0 Å². The SMILES string of the molecule is Cc1ccc(C(=O)NCCn2nc(-c3ccncc3)c3c2CCCC3)cc1C. The van der Waals surface area contributed by atoms with Crippen molar-refractivity contribution in [3.8, 4) is 11.3 Å². The van der Waals surface area contributed by atoms with Crippen molar-refractivity contribution in [2.24, 2.45) is 0 Å². The molecule has 0 radical (unpaired) electrons. The molecule has 1 N–H and O–H groups in total. The molecule has 1 aliphatic carbocycles. The number of hydrogen-bond donors (Lipinski definition) is 1. The van der Waals surface area contributed by atoms with Crippen LogP contribution in [0.25, 0.3) is 11.3 Å². The highest BCUT2D eigenvalue weighted by molar-refractivity contribution is 5.94. The molecule has 3 aromatic rings. The summed E-state index contributed by atoms with van der Waals surface area (Å²) in [5, 5.41) is 7.94. The first-order chi connectivity index (χ1) is 13.6. The van der Waals surface area contributed by atoms with Crippen LogP contribution in [0.15, 0.2) is 42.7 Å². The Hall–Kier alpha value is -2.95. The fourth-order valence-electron chi connectivity index (χ4n) is 3.86. The van der Waals surface area contributed by atoms with Gasteiger partial charge in [-0.25, -0.2) is 0 Å². The average molecular weight is 374 g/mol. The molecule has 0 aliphatic heterocycles. The first-order valence-corrected chi connectivity index (χ1v) is 9.98. The maximum absolute atomic E-state index is 12.5. The van der Waals surface area contributed by atoms with Crippen LogP contribution in [0.1, 0.15) is 45.6 Å². The second-order valence-electron chi connectivity index (χ2n) is 7.49.